The quantitative estimate of drug-likeness (QED) is 0.855. The van der Waals surface area contributed by atoms with Gasteiger partial charge in [-0.3, -0.25) is 4.79 Å². The Bertz CT molecular complexity index is 637. The lowest BCUT2D eigenvalue weighted by molar-refractivity contribution is 0.102. The van der Waals surface area contributed by atoms with Crippen molar-refractivity contribution in [2.45, 2.75) is 39.8 Å². The second-order valence-corrected chi connectivity index (χ2v) is 5.73. The van der Waals surface area contributed by atoms with Crippen LogP contribution in [0.5, 0.6) is 5.75 Å². The van der Waals surface area contributed by atoms with Gasteiger partial charge in [0.2, 0.25) is 0 Å². The maximum atomic E-state index is 12.1. The summed E-state index contributed by atoms with van der Waals surface area (Å²) in [7, 11) is 0. The van der Waals surface area contributed by atoms with E-state index in [9.17, 15) is 4.79 Å². The predicted molar refractivity (Wildman–Crippen MR) is 90.9 cm³/mol. The summed E-state index contributed by atoms with van der Waals surface area (Å²) < 4.78 is 5.56. The van der Waals surface area contributed by atoms with Crippen LogP contribution in [0, 0.1) is 0 Å². The Morgan fingerprint density at radius 3 is 2.26 bits per heavy atom. The van der Waals surface area contributed by atoms with Gasteiger partial charge in [0.25, 0.3) is 5.91 Å². The molecule has 0 saturated heterocycles. The largest absolute Gasteiger partial charge is 0.491 e. The zero-order valence-corrected chi connectivity index (χ0v) is 13.8. The minimum atomic E-state index is -0.300. The fourth-order valence-corrected chi connectivity index (χ4v) is 1.90. The SMILES string of the molecule is CC(C)Nc1cnc(C(=O)Nc2ccc(OC(C)C)cc2)cn1. The summed E-state index contributed by atoms with van der Waals surface area (Å²) >= 11 is 0. The molecule has 0 spiro atoms. The number of nitrogens with one attached hydrogen (secondary N) is 2. The maximum Gasteiger partial charge on any atom is 0.275 e. The molecule has 0 bridgehead atoms. The number of carbonyl (C=O) groups is 1. The van der Waals surface area contributed by atoms with Crippen LogP contribution >= 0.6 is 0 Å². The Morgan fingerprint density at radius 1 is 1.04 bits per heavy atom. The molecule has 0 unspecified atom stereocenters. The summed E-state index contributed by atoms with van der Waals surface area (Å²) in [5, 5.41) is 5.90. The topological polar surface area (TPSA) is 76.1 Å². The van der Waals surface area contributed by atoms with Crippen LogP contribution in [0.1, 0.15) is 38.2 Å². The van der Waals surface area contributed by atoms with Crippen LogP contribution < -0.4 is 15.4 Å². The number of hydrogen-bond donors (Lipinski definition) is 2. The van der Waals surface area contributed by atoms with E-state index in [1.807, 2.05) is 39.8 Å². The number of aromatic nitrogens is 2. The number of anilines is 2. The van der Waals surface area contributed by atoms with Crippen LogP contribution in [0.4, 0.5) is 11.5 Å². The lowest BCUT2D eigenvalue weighted by Crippen LogP contribution is -2.16. The number of carbonyl (C=O) groups excluding carboxylic acids is 1. The van der Waals surface area contributed by atoms with Crippen LogP contribution in [0.25, 0.3) is 0 Å². The van der Waals surface area contributed by atoms with E-state index in [0.717, 1.165) is 5.75 Å². The van der Waals surface area contributed by atoms with Crippen molar-refractivity contribution in [3.05, 3.63) is 42.4 Å². The highest BCUT2D eigenvalue weighted by molar-refractivity contribution is 6.02. The first-order valence-corrected chi connectivity index (χ1v) is 7.60. The molecule has 1 aromatic heterocycles. The van der Waals surface area contributed by atoms with E-state index in [2.05, 4.69) is 20.6 Å². The van der Waals surface area contributed by atoms with E-state index in [1.165, 1.54) is 6.20 Å². The van der Waals surface area contributed by atoms with Gasteiger partial charge >= 0.3 is 0 Å². The van der Waals surface area contributed by atoms with Gasteiger partial charge in [0.1, 0.15) is 17.3 Å². The monoisotopic (exact) mass is 314 g/mol. The summed E-state index contributed by atoms with van der Waals surface area (Å²) in [4.78, 5) is 20.4. The highest BCUT2D eigenvalue weighted by Gasteiger charge is 2.09. The highest BCUT2D eigenvalue weighted by atomic mass is 16.5. The Balaban J connectivity index is 1.98. The average molecular weight is 314 g/mol. The molecule has 2 N–H and O–H groups in total. The molecule has 0 saturated carbocycles. The van der Waals surface area contributed by atoms with Crippen molar-refractivity contribution in [2.24, 2.45) is 0 Å². The number of ether oxygens (including phenoxy) is 1. The zero-order chi connectivity index (χ0) is 16.8. The molecule has 2 aromatic rings. The minimum absolute atomic E-state index is 0.115. The Hall–Kier alpha value is -2.63. The van der Waals surface area contributed by atoms with E-state index >= 15 is 0 Å². The highest BCUT2D eigenvalue weighted by Crippen LogP contribution is 2.17. The molecule has 122 valence electrons. The van der Waals surface area contributed by atoms with Crippen molar-refractivity contribution in [3.63, 3.8) is 0 Å². The van der Waals surface area contributed by atoms with E-state index in [-0.39, 0.29) is 23.7 Å². The standard InChI is InChI=1S/C17H22N4O2/c1-11(2)20-16-10-18-15(9-19-16)17(22)21-13-5-7-14(8-6-13)23-12(3)4/h5-12H,1-4H3,(H,19,20)(H,21,22). The van der Waals surface area contributed by atoms with E-state index in [1.54, 1.807) is 18.3 Å². The fourth-order valence-electron chi connectivity index (χ4n) is 1.90. The molecular formula is C17H22N4O2. The minimum Gasteiger partial charge on any atom is -0.491 e. The summed E-state index contributed by atoms with van der Waals surface area (Å²) in [6.45, 7) is 7.95. The van der Waals surface area contributed by atoms with E-state index in [0.29, 0.717) is 11.5 Å². The van der Waals surface area contributed by atoms with Gasteiger partial charge in [-0.1, -0.05) is 0 Å². The van der Waals surface area contributed by atoms with Crippen LogP contribution in [0.15, 0.2) is 36.7 Å². The van der Waals surface area contributed by atoms with Crippen molar-refractivity contribution in [1.82, 2.24) is 9.97 Å². The van der Waals surface area contributed by atoms with E-state index in [4.69, 9.17) is 4.74 Å². The van der Waals surface area contributed by atoms with Crippen molar-refractivity contribution in [3.8, 4) is 5.75 Å². The van der Waals surface area contributed by atoms with Crippen LogP contribution in [-0.2, 0) is 0 Å². The smallest absolute Gasteiger partial charge is 0.275 e. The molecule has 1 amide bonds. The summed E-state index contributed by atoms with van der Waals surface area (Å²) in [5.41, 5.74) is 0.944. The molecule has 0 aliphatic carbocycles. The third-order valence-corrected chi connectivity index (χ3v) is 2.81. The second kappa shape index (κ2) is 7.58. The first-order chi connectivity index (χ1) is 10.9. The number of amides is 1. The van der Waals surface area contributed by atoms with E-state index < -0.39 is 0 Å². The van der Waals surface area contributed by atoms with Gasteiger partial charge in [0.15, 0.2) is 0 Å². The number of nitrogens with zero attached hydrogens (tertiary/aromatic N) is 2. The first kappa shape index (κ1) is 16.7. The lowest BCUT2D eigenvalue weighted by Gasteiger charge is -2.11. The third kappa shape index (κ3) is 5.25. The fraction of sp³-hybridized carbons (Fsp3) is 0.353. The Morgan fingerprint density at radius 2 is 1.74 bits per heavy atom. The van der Waals surface area contributed by atoms with Gasteiger partial charge in [-0.2, -0.15) is 0 Å². The molecule has 23 heavy (non-hydrogen) atoms. The van der Waals surface area contributed by atoms with Gasteiger partial charge in [-0.05, 0) is 52.0 Å². The number of hydrogen-bond acceptors (Lipinski definition) is 5. The number of rotatable bonds is 6. The van der Waals surface area contributed by atoms with Gasteiger partial charge in [0, 0.05) is 11.7 Å². The summed E-state index contributed by atoms with van der Waals surface area (Å²) in [6.07, 6.45) is 3.12. The van der Waals surface area contributed by atoms with Crippen molar-refractivity contribution < 1.29 is 9.53 Å². The van der Waals surface area contributed by atoms with Crippen LogP contribution in [-0.4, -0.2) is 28.0 Å². The molecule has 6 heteroatoms. The summed E-state index contributed by atoms with van der Waals surface area (Å²) in [6, 6.07) is 7.47. The van der Waals surface area contributed by atoms with Gasteiger partial charge in [-0.25, -0.2) is 9.97 Å². The number of benzene rings is 1. The van der Waals surface area contributed by atoms with Crippen LogP contribution in [0.2, 0.25) is 0 Å². The Kier molecular flexibility index (Phi) is 5.51. The molecule has 0 radical (unpaired) electrons. The molecule has 1 aromatic carbocycles. The normalized spacial score (nSPS) is 10.7. The lowest BCUT2D eigenvalue weighted by atomic mass is 10.3. The van der Waals surface area contributed by atoms with Crippen molar-refractivity contribution >= 4 is 17.4 Å². The molecule has 1 heterocycles. The molecule has 0 fully saturated rings. The van der Waals surface area contributed by atoms with Gasteiger partial charge < -0.3 is 15.4 Å². The molecule has 6 nitrogen and oxygen atoms in total. The Labute approximate surface area is 136 Å². The molecule has 0 aliphatic rings. The molecular weight excluding hydrogens is 292 g/mol. The summed E-state index contributed by atoms with van der Waals surface area (Å²) in [5.74, 6) is 1.11. The third-order valence-electron chi connectivity index (χ3n) is 2.81. The molecule has 0 aliphatic heterocycles. The van der Waals surface area contributed by atoms with Gasteiger partial charge in [0.05, 0.1) is 18.5 Å². The maximum absolute atomic E-state index is 12.1. The molecule has 2 rings (SSSR count). The van der Waals surface area contributed by atoms with Crippen molar-refractivity contribution in [1.29, 1.82) is 0 Å². The molecule has 0 atom stereocenters. The predicted octanol–water partition coefficient (Wildman–Crippen LogP) is 3.34. The van der Waals surface area contributed by atoms with Gasteiger partial charge in [-0.15, -0.1) is 0 Å². The van der Waals surface area contributed by atoms with Crippen molar-refractivity contribution in [2.75, 3.05) is 10.6 Å². The average Bonchev–Trinajstić information content (AvgIpc) is 2.49. The van der Waals surface area contributed by atoms with Crippen LogP contribution in [0.3, 0.4) is 0 Å². The first-order valence-electron chi connectivity index (χ1n) is 7.60. The zero-order valence-electron chi connectivity index (χ0n) is 13.8. The second-order valence-electron chi connectivity index (χ2n) is 5.73.